The largest absolute Gasteiger partial charge is 0.508 e. The third kappa shape index (κ3) is 4.68. The molecule has 0 aliphatic heterocycles. The third-order valence-corrected chi connectivity index (χ3v) is 2.56. The van der Waals surface area contributed by atoms with Gasteiger partial charge in [-0.2, -0.15) is 0 Å². The monoisotopic (exact) mass is 250 g/mol. The zero-order chi connectivity index (χ0) is 14.1. The summed E-state index contributed by atoms with van der Waals surface area (Å²) >= 11 is 0. The van der Waals surface area contributed by atoms with Crippen molar-refractivity contribution in [3.63, 3.8) is 0 Å². The van der Waals surface area contributed by atoms with Crippen LogP contribution >= 0.6 is 0 Å². The van der Waals surface area contributed by atoms with Crippen molar-refractivity contribution in [1.82, 2.24) is 0 Å². The molecule has 2 aromatic carbocycles. The zero-order valence-corrected chi connectivity index (χ0v) is 10.9. The van der Waals surface area contributed by atoms with Gasteiger partial charge in [-0.15, -0.1) is 0 Å². The molecular weight excluding hydrogens is 232 g/mol. The number of hydrogen-bond acceptors (Lipinski definition) is 1. The van der Waals surface area contributed by atoms with Gasteiger partial charge < -0.3 is 5.11 Å². The van der Waals surface area contributed by atoms with Gasteiger partial charge in [-0.25, -0.2) is 0 Å². The number of rotatable bonds is 3. The predicted octanol–water partition coefficient (Wildman–Crippen LogP) is 5.01. The van der Waals surface area contributed by atoms with Crippen molar-refractivity contribution in [2.45, 2.75) is 0 Å². The number of phenolic OH excluding ortho intramolecular Hbond substituents is 1. The summed E-state index contributed by atoms with van der Waals surface area (Å²) in [5, 5.41) is 8.82. The molecule has 0 radical (unpaired) electrons. The van der Waals surface area contributed by atoms with Crippen molar-refractivity contribution >= 4 is 18.2 Å². The van der Waals surface area contributed by atoms with Crippen LogP contribution in [-0.2, 0) is 0 Å². The molecule has 96 valence electrons. The molecule has 0 aromatic heterocycles. The van der Waals surface area contributed by atoms with Gasteiger partial charge in [0.05, 0.1) is 0 Å². The lowest BCUT2D eigenvalue weighted by Gasteiger charge is -1.96. The van der Waals surface area contributed by atoms with Crippen molar-refractivity contribution < 1.29 is 5.11 Å². The van der Waals surface area contributed by atoms with Gasteiger partial charge in [0.1, 0.15) is 5.75 Å². The topological polar surface area (TPSA) is 20.2 Å². The molecule has 0 atom stereocenters. The van der Waals surface area contributed by atoms with Gasteiger partial charge in [-0.05, 0) is 28.8 Å². The zero-order valence-electron chi connectivity index (χ0n) is 10.9. The minimum atomic E-state index is 0.292. The Bertz CT molecular complexity index is 523. The van der Waals surface area contributed by atoms with Crippen LogP contribution in [-0.4, -0.2) is 5.11 Å². The van der Waals surface area contributed by atoms with Gasteiger partial charge in [0.25, 0.3) is 0 Å². The van der Waals surface area contributed by atoms with E-state index in [4.69, 9.17) is 5.11 Å². The molecule has 2 rings (SSSR count). The Kier molecular flexibility index (Phi) is 5.90. The van der Waals surface area contributed by atoms with Crippen molar-refractivity contribution in [2.24, 2.45) is 0 Å². The Morgan fingerprint density at radius 3 is 1.53 bits per heavy atom. The summed E-state index contributed by atoms with van der Waals surface area (Å²) in [6, 6.07) is 14.9. The summed E-state index contributed by atoms with van der Waals surface area (Å²) < 4.78 is 0. The first-order chi connectivity index (χ1) is 9.21. The predicted molar refractivity (Wildman–Crippen MR) is 84.8 cm³/mol. The van der Waals surface area contributed by atoms with Crippen LogP contribution in [0.5, 0.6) is 5.75 Å². The summed E-state index contributed by atoms with van der Waals surface area (Å²) in [4.78, 5) is 0. The van der Waals surface area contributed by atoms with Crippen LogP contribution in [0.2, 0.25) is 0 Å². The maximum absolute atomic E-state index is 8.82. The molecule has 0 aliphatic rings. The molecule has 1 N–H and O–H groups in total. The second-order valence-corrected chi connectivity index (χ2v) is 3.83. The molecule has 19 heavy (non-hydrogen) atoms. The summed E-state index contributed by atoms with van der Waals surface area (Å²) in [5.41, 5.74) is 3.29. The Morgan fingerprint density at radius 2 is 1.16 bits per heavy atom. The molecule has 0 saturated carbocycles. The Morgan fingerprint density at radius 1 is 0.684 bits per heavy atom. The van der Waals surface area contributed by atoms with E-state index in [1.807, 2.05) is 48.6 Å². The fourth-order valence-corrected chi connectivity index (χ4v) is 1.49. The van der Waals surface area contributed by atoms with Gasteiger partial charge in [0.2, 0.25) is 0 Å². The van der Waals surface area contributed by atoms with E-state index in [0.717, 1.165) is 16.7 Å². The van der Waals surface area contributed by atoms with E-state index >= 15 is 0 Å². The van der Waals surface area contributed by atoms with Crippen LogP contribution in [0, 0.1) is 0 Å². The van der Waals surface area contributed by atoms with Gasteiger partial charge in [0.15, 0.2) is 0 Å². The fraction of sp³-hybridized carbons (Fsp3) is 0. The molecular formula is C18H18O. The number of phenols is 1. The highest BCUT2D eigenvalue weighted by Gasteiger charge is 1.89. The lowest BCUT2D eigenvalue weighted by atomic mass is 10.1. The molecule has 0 fully saturated rings. The molecule has 0 saturated heterocycles. The van der Waals surface area contributed by atoms with Crippen molar-refractivity contribution in [3.8, 4) is 5.75 Å². The second kappa shape index (κ2) is 7.72. The van der Waals surface area contributed by atoms with Crippen molar-refractivity contribution in [2.75, 3.05) is 0 Å². The van der Waals surface area contributed by atoms with Crippen LogP contribution in [0.4, 0.5) is 0 Å². The average Bonchev–Trinajstić information content (AvgIpc) is 2.48. The molecule has 1 nitrogen and oxygen atoms in total. The van der Waals surface area contributed by atoms with Crippen LogP contribution < -0.4 is 0 Å². The van der Waals surface area contributed by atoms with E-state index in [9.17, 15) is 0 Å². The van der Waals surface area contributed by atoms with Gasteiger partial charge >= 0.3 is 0 Å². The molecule has 0 spiro atoms. The lowest BCUT2D eigenvalue weighted by molar-refractivity contribution is 0.475. The molecule has 1 heteroatoms. The summed E-state index contributed by atoms with van der Waals surface area (Å²) in [6.07, 6.45) is 5.40. The first-order valence-corrected chi connectivity index (χ1v) is 5.96. The molecule has 0 aliphatic carbocycles. The lowest BCUT2D eigenvalue weighted by Crippen LogP contribution is -1.76. The van der Waals surface area contributed by atoms with E-state index in [2.05, 4.69) is 19.7 Å². The average molecular weight is 250 g/mol. The maximum Gasteiger partial charge on any atom is 0.115 e. The minimum absolute atomic E-state index is 0.292. The van der Waals surface area contributed by atoms with Crippen LogP contribution in [0.15, 0.2) is 68.3 Å². The molecule has 0 bridgehead atoms. The van der Waals surface area contributed by atoms with E-state index in [1.54, 1.807) is 18.2 Å². The van der Waals surface area contributed by atoms with E-state index in [-0.39, 0.29) is 0 Å². The third-order valence-electron chi connectivity index (χ3n) is 2.56. The number of benzene rings is 2. The summed E-state index contributed by atoms with van der Waals surface area (Å²) in [5.74, 6) is 0.292. The second-order valence-electron chi connectivity index (χ2n) is 3.83. The van der Waals surface area contributed by atoms with Crippen molar-refractivity contribution in [3.05, 3.63) is 85.0 Å². The highest BCUT2D eigenvalue weighted by Crippen LogP contribution is 2.10. The van der Waals surface area contributed by atoms with Gasteiger partial charge in [0, 0.05) is 0 Å². The molecule has 0 amide bonds. The maximum atomic E-state index is 8.82. The standard InChI is InChI=1S/C10H10.C8H8O/c1-3-9-7-5-6-8-10(9)4-2;1-2-7-3-5-8(9)6-4-7/h3-8H,1-2H2;2-6,9H,1H2. The van der Waals surface area contributed by atoms with Gasteiger partial charge in [-0.1, -0.05) is 74.4 Å². The SMILES string of the molecule is C=Cc1ccc(O)cc1.C=Cc1ccccc1C=C. The molecule has 0 unspecified atom stereocenters. The van der Waals surface area contributed by atoms with Crippen LogP contribution in [0.1, 0.15) is 16.7 Å². The quantitative estimate of drug-likeness (QED) is 0.812. The number of hydrogen-bond donors (Lipinski definition) is 1. The van der Waals surface area contributed by atoms with Gasteiger partial charge in [-0.3, -0.25) is 0 Å². The first kappa shape index (κ1) is 14.5. The Hall–Kier alpha value is -2.54. The van der Waals surface area contributed by atoms with Crippen LogP contribution in [0.25, 0.3) is 18.2 Å². The highest BCUT2D eigenvalue weighted by atomic mass is 16.3. The Balaban J connectivity index is 0.000000191. The van der Waals surface area contributed by atoms with Crippen LogP contribution in [0.3, 0.4) is 0 Å². The molecule has 0 heterocycles. The summed E-state index contributed by atoms with van der Waals surface area (Å²) in [6.45, 7) is 11.0. The number of aromatic hydroxyl groups is 1. The van der Waals surface area contributed by atoms with E-state index in [0.29, 0.717) is 5.75 Å². The summed E-state index contributed by atoms with van der Waals surface area (Å²) in [7, 11) is 0. The normalized spacial score (nSPS) is 8.84. The highest BCUT2D eigenvalue weighted by molar-refractivity contribution is 5.63. The van der Waals surface area contributed by atoms with E-state index < -0.39 is 0 Å². The smallest absolute Gasteiger partial charge is 0.115 e. The molecule has 2 aromatic rings. The van der Waals surface area contributed by atoms with E-state index in [1.165, 1.54) is 0 Å². The Labute approximate surface area is 114 Å². The van der Waals surface area contributed by atoms with Crippen molar-refractivity contribution in [1.29, 1.82) is 0 Å². The fourth-order valence-electron chi connectivity index (χ4n) is 1.49. The first-order valence-electron chi connectivity index (χ1n) is 5.96. The minimum Gasteiger partial charge on any atom is -0.508 e.